The molecule has 12 rings (SSSR count). The highest BCUT2D eigenvalue weighted by Gasteiger charge is 2.29. The van der Waals surface area contributed by atoms with Gasteiger partial charge < -0.3 is 18.6 Å². The molecule has 0 aliphatic heterocycles. The van der Waals surface area contributed by atoms with E-state index in [1.807, 2.05) is 48.5 Å². The Labute approximate surface area is 382 Å². The summed E-state index contributed by atoms with van der Waals surface area (Å²) in [6.07, 6.45) is 6.22. The topological polar surface area (TPSA) is 80.3 Å². The van der Waals surface area contributed by atoms with Crippen LogP contribution in [0.15, 0.2) is 161 Å². The summed E-state index contributed by atoms with van der Waals surface area (Å²) in [4.78, 5) is 4.67. The molecule has 0 saturated carbocycles. The van der Waals surface area contributed by atoms with Gasteiger partial charge in [-0.25, -0.2) is 0 Å². The van der Waals surface area contributed by atoms with Gasteiger partial charge in [0.05, 0.1) is 46.0 Å². The van der Waals surface area contributed by atoms with Crippen molar-refractivity contribution in [1.82, 2.24) is 0 Å². The molecule has 1 aliphatic carbocycles. The molecular formula is C60H44N4O2. The van der Waals surface area contributed by atoms with Crippen LogP contribution in [0.4, 0.5) is 34.1 Å². The highest BCUT2D eigenvalue weighted by atomic mass is 16.3. The highest BCUT2D eigenvalue weighted by molar-refractivity contribution is 6.30. The Kier molecular flexibility index (Phi) is 9.02. The third-order valence-electron chi connectivity index (χ3n) is 13.7. The number of aryl methyl sites for hydroxylation is 1. The second-order valence-electron chi connectivity index (χ2n) is 18.1. The fourth-order valence-corrected chi connectivity index (χ4v) is 10.6. The van der Waals surface area contributed by atoms with Crippen LogP contribution in [-0.4, -0.2) is 0 Å². The van der Waals surface area contributed by atoms with Crippen LogP contribution in [0, 0.1) is 22.7 Å². The molecule has 0 radical (unpaired) electrons. The number of anilines is 6. The molecule has 6 nitrogen and oxygen atoms in total. The van der Waals surface area contributed by atoms with Crippen molar-refractivity contribution in [2.75, 3.05) is 9.80 Å². The van der Waals surface area contributed by atoms with Crippen LogP contribution in [0.25, 0.3) is 71.3 Å². The Bertz CT molecular complexity index is 3850. The predicted octanol–water partition coefficient (Wildman–Crippen LogP) is 17.1. The van der Waals surface area contributed by atoms with E-state index in [-0.39, 0.29) is 11.8 Å². The minimum absolute atomic E-state index is 0.189. The normalized spacial score (nSPS) is 12.6. The van der Waals surface area contributed by atoms with Crippen molar-refractivity contribution in [1.29, 1.82) is 10.5 Å². The first-order valence-corrected chi connectivity index (χ1v) is 22.8. The van der Waals surface area contributed by atoms with Gasteiger partial charge in [-0.2, -0.15) is 10.5 Å². The van der Waals surface area contributed by atoms with E-state index in [0.717, 1.165) is 96.4 Å². The molecule has 0 amide bonds. The van der Waals surface area contributed by atoms with Gasteiger partial charge in [-0.1, -0.05) is 101 Å². The number of furan rings is 2. The quantitative estimate of drug-likeness (QED) is 0.142. The molecular weight excluding hydrogens is 809 g/mol. The zero-order valence-electron chi connectivity index (χ0n) is 37.2. The van der Waals surface area contributed by atoms with Crippen LogP contribution in [0.3, 0.4) is 0 Å². The number of fused-ring (bicyclic) bond motifs is 6. The molecule has 1 aliphatic rings. The summed E-state index contributed by atoms with van der Waals surface area (Å²) in [5.41, 5.74) is 13.2. The van der Waals surface area contributed by atoms with Crippen LogP contribution in [0.1, 0.15) is 79.5 Å². The minimum atomic E-state index is 0.189. The second kappa shape index (κ2) is 15.2. The van der Waals surface area contributed by atoms with Crippen molar-refractivity contribution in [2.45, 2.75) is 52.4 Å². The molecule has 0 N–H and O–H groups in total. The Morgan fingerprint density at radius 2 is 0.985 bits per heavy atom. The van der Waals surface area contributed by atoms with Crippen LogP contribution in [0.5, 0.6) is 0 Å². The minimum Gasteiger partial charge on any atom is -0.454 e. The third-order valence-corrected chi connectivity index (χ3v) is 13.7. The Morgan fingerprint density at radius 3 is 1.53 bits per heavy atom. The smallest absolute Gasteiger partial charge is 0.159 e. The molecule has 66 heavy (non-hydrogen) atoms. The number of rotatable bonds is 8. The van der Waals surface area contributed by atoms with Crippen molar-refractivity contribution in [3.8, 4) is 12.1 Å². The molecule has 316 valence electrons. The summed E-state index contributed by atoms with van der Waals surface area (Å²) in [6, 6.07) is 55.5. The first-order chi connectivity index (χ1) is 32.3. The van der Waals surface area contributed by atoms with Gasteiger partial charge >= 0.3 is 0 Å². The Morgan fingerprint density at radius 1 is 0.485 bits per heavy atom. The maximum absolute atomic E-state index is 9.90. The van der Waals surface area contributed by atoms with Gasteiger partial charge in [0.2, 0.25) is 0 Å². The fourth-order valence-electron chi connectivity index (χ4n) is 10.6. The largest absolute Gasteiger partial charge is 0.454 e. The van der Waals surface area contributed by atoms with E-state index in [0.29, 0.717) is 11.1 Å². The van der Waals surface area contributed by atoms with E-state index in [4.69, 9.17) is 8.83 Å². The second-order valence-corrected chi connectivity index (χ2v) is 18.1. The number of nitrogens with zero attached hydrogens (tertiary/aromatic N) is 4. The lowest BCUT2D eigenvalue weighted by Crippen LogP contribution is -2.13. The van der Waals surface area contributed by atoms with Crippen LogP contribution in [-0.2, 0) is 6.42 Å². The van der Waals surface area contributed by atoms with E-state index < -0.39 is 0 Å². The van der Waals surface area contributed by atoms with Gasteiger partial charge in [-0.05, 0) is 142 Å². The first-order valence-electron chi connectivity index (χ1n) is 22.8. The monoisotopic (exact) mass is 852 g/mol. The molecule has 0 saturated heterocycles. The molecule has 9 aromatic carbocycles. The fraction of sp³-hybridized carbons (Fsp3) is 0.133. The lowest BCUT2D eigenvalue weighted by Gasteiger charge is -2.31. The zero-order chi connectivity index (χ0) is 44.8. The van der Waals surface area contributed by atoms with Gasteiger partial charge in [-0.3, -0.25) is 0 Å². The van der Waals surface area contributed by atoms with Crippen molar-refractivity contribution in [3.05, 3.63) is 185 Å². The molecule has 0 spiro atoms. The number of benzene rings is 9. The molecule has 0 atom stereocenters. The molecule has 2 aromatic heterocycles. The standard InChI is InChI=1S/C60H44N4O2/c1-35(2)49-31-53(63(39-23-19-37(33-61)20-24-39)51-15-9-13-45-41-11-5-7-17-55(41)65-59(45)51)47-30-28-44-50(36(3)4)32-54(48-29-27-43(49)57(47)58(44)48)64(40-25-21-38(34-62)22-26-40)52-16-10-14-46-42-12-6-8-18-56(42)66-60(46)52/h5,7-11,13-32,35-36H,6,12H2,1-4H3. The summed E-state index contributed by atoms with van der Waals surface area (Å²) in [5, 5.41) is 30.1. The molecule has 0 bridgehead atoms. The molecule has 2 heterocycles. The molecule has 6 heteroatoms. The van der Waals surface area contributed by atoms with Gasteiger partial charge in [0.1, 0.15) is 11.3 Å². The lowest BCUT2D eigenvalue weighted by molar-refractivity contribution is 0.596. The third kappa shape index (κ3) is 5.92. The van der Waals surface area contributed by atoms with Crippen molar-refractivity contribution in [2.24, 2.45) is 0 Å². The number of allylic oxidation sites excluding steroid dienone is 1. The van der Waals surface area contributed by atoms with Gasteiger partial charge in [0.15, 0.2) is 11.2 Å². The van der Waals surface area contributed by atoms with Crippen molar-refractivity contribution in [3.63, 3.8) is 0 Å². The van der Waals surface area contributed by atoms with Gasteiger partial charge in [0, 0.05) is 43.9 Å². The first kappa shape index (κ1) is 39.3. The maximum Gasteiger partial charge on any atom is 0.159 e. The van der Waals surface area contributed by atoms with Crippen LogP contribution >= 0.6 is 0 Å². The predicted molar refractivity (Wildman–Crippen MR) is 272 cm³/mol. The van der Waals surface area contributed by atoms with E-state index >= 15 is 0 Å². The van der Waals surface area contributed by atoms with E-state index in [9.17, 15) is 10.5 Å². The Balaban J connectivity index is 1.20. The summed E-state index contributed by atoms with van der Waals surface area (Å²) in [5.74, 6) is 1.30. The average Bonchev–Trinajstić information content (AvgIpc) is 3.94. The van der Waals surface area contributed by atoms with Crippen LogP contribution in [0.2, 0.25) is 0 Å². The SMILES string of the molecule is CC(C)c1cc(N(c2ccc(C#N)cc2)c2cccc3c4c(oc23)C=CCC4)c2ccc3c(C(C)C)cc(N(c4ccc(C#N)cc4)c4cccc5c4oc4ccccc45)c4ccc1c2c34. The summed E-state index contributed by atoms with van der Waals surface area (Å²) in [6.45, 7) is 9.11. The number of nitriles is 2. The average molecular weight is 853 g/mol. The van der Waals surface area contributed by atoms with Crippen molar-refractivity contribution >= 4 is 105 Å². The summed E-state index contributed by atoms with van der Waals surface area (Å²) >= 11 is 0. The lowest BCUT2D eigenvalue weighted by atomic mass is 9.84. The van der Waals surface area contributed by atoms with Gasteiger partial charge in [0.25, 0.3) is 0 Å². The summed E-state index contributed by atoms with van der Waals surface area (Å²) in [7, 11) is 0. The maximum atomic E-state index is 9.90. The molecule has 0 fully saturated rings. The summed E-state index contributed by atoms with van der Waals surface area (Å²) < 4.78 is 13.6. The van der Waals surface area contributed by atoms with Crippen LogP contribution < -0.4 is 9.80 Å². The highest BCUT2D eigenvalue weighted by Crippen LogP contribution is 2.53. The van der Waals surface area contributed by atoms with E-state index in [1.54, 1.807) is 0 Å². The number of para-hydroxylation sites is 3. The van der Waals surface area contributed by atoms with Gasteiger partial charge in [-0.15, -0.1) is 0 Å². The number of hydrogen-bond donors (Lipinski definition) is 0. The molecule has 0 unspecified atom stereocenters. The Hall–Kier alpha value is -8.32. The van der Waals surface area contributed by atoms with Crippen molar-refractivity contribution < 1.29 is 8.83 Å². The van der Waals surface area contributed by atoms with E-state index in [2.05, 4.69) is 159 Å². The molecule has 11 aromatic rings. The zero-order valence-corrected chi connectivity index (χ0v) is 37.2. The van der Waals surface area contributed by atoms with E-state index in [1.165, 1.54) is 38.2 Å². The number of hydrogen-bond acceptors (Lipinski definition) is 6.